The second-order valence-electron chi connectivity index (χ2n) is 4.97. The summed E-state index contributed by atoms with van der Waals surface area (Å²) in [7, 11) is 1.70. The van der Waals surface area contributed by atoms with Gasteiger partial charge in [0, 0.05) is 7.05 Å². The molecule has 0 N–H and O–H groups in total. The van der Waals surface area contributed by atoms with Crippen LogP contribution in [0.15, 0.2) is 45.0 Å². The minimum Gasteiger partial charge on any atom is -0.484 e. The predicted molar refractivity (Wildman–Crippen MR) is 92.1 cm³/mol. The molecule has 0 aliphatic rings. The van der Waals surface area contributed by atoms with Gasteiger partial charge in [0.1, 0.15) is 17.1 Å². The fourth-order valence-electron chi connectivity index (χ4n) is 2.45. The number of fused-ring (bicyclic) bond motifs is 3. The third kappa shape index (κ3) is 2.25. The van der Waals surface area contributed by atoms with Gasteiger partial charge >= 0.3 is 0 Å². The largest absolute Gasteiger partial charge is 0.484 e. The molecule has 3 aromatic heterocycles. The van der Waals surface area contributed by atoms with Crippen molar-refractivity contribution >= 4 is 43.3 Å². The zero-order valence-electron chi connectivity index (χ0n) is 12.1. The van der Waals surface area contributed by atoms with Crippen molar-refractivity contribution in [2.45, 2.75) is 6.61 Å². The van der Waals surface area contributed by atoms with E-state index in [4.69, 9.17) is 4.74 Å². The van der Waals surface area contributed by atoms with Gasteiger partial charge < -0.3 is 4.74 Å². The first-order valence-corrected chi connectivity index (χ1v) is 8.51. The number of benzene rings is 1. The molecule has 23 heavy (non-hydrogen) atoms. The number of hydrogen-bond acceptors (Lipinski definition) is 5. The minimum atomic E-state index is -0.0619. The highest BCUT2D eigenvalue weighted by molar-refractivity contribution is 9.10. The van der Waals surface area contributed by atoms with E-state index in [-0.39, 0.29) is 12.2 Å². The standard InChI is InChI=1S/C15H11BrN4O2S/c1-19-14(21)13-10(6-7-23-13)20-12(17-18-15(19)20)8-22-11-5-3-2-4-9(11)16/h2-7H,8H2,1H3. The summed E-state index contributed by atoms with van der Waals surface area (Å²) in [6, 6.07) is 9.53. The van der Waals surface area contributed by atoms with E-state index in [1.165, 1.54) is 15.9 Å². The Morgan fingerprint density at radius 3 is 2.91 bits per heavy atom. The molecule has 0 aliphatic heterocycles. The molecule has 0 radical (unpaired) electrons. The lowest BCUT2D eigenvalue weighted by Gasteiger charge is -2.08. The van der Waals surface area contributed by atoms with Crippen molar-refractivity contribution in [2.24, 2.45) is 7.05 Å². The summed E-state index contributed by atoms with van der Waals surface area (Å²) in [5, 5.41) is 10.2. The van der Waals surface area contributed by atoms with Gasteiger partial charge in [0.25, 0.3) is 5.56 Å². The lowest BCUT2D eigenvalue weighted by atomic mass is 10.3. The van der Waals surface area contributed by atoms with Gasteiger partial charge in [-0.05, 0) is 39.5 Å². The predicted octanol–water partition coefficient (Wildman–Crippen LogP) is 2.98. The first-order chi connectivity index (χ1) is 11.2. The lowest BCUT2D eigenvalue weighted by Crippen LogP contribution is -2.19. The topological polar surface area (TPSA) is 61.4 Å². The van der Waals surface area contributed by atoms with Gasteiger partial charge in [-0.15, -0.1) is 21.5 Å². The highest BCUT2D eigenvalue weighted by Gasteiger charge is 2.16. The van der Waals surface area contributed by atoms with E-state index in [1.807, 2.05) is 40.1 Å². The van der Waals surface area contributed by atoms with E-state index < -0.39 is 0 Å². The third-order valence-electron chi connectivity index (χ3n) is 3.59. The van der Waals surface area contributed by atoms with Crippen molar-refractivity contribution in [1.29, 1.82) is 0 Å². The van der Waals surface area contributed by atoms with E-state index in [1.54, 1.807) is 7.05 Å². The first kappa shape index (κ1) is 14.4. The summed E-state index contributed by atoms with van der Waals surface area (Å²) in [4.78, 5) is 12.3. The molecule has 0 atom stereocenters. The molecule has 0 saturated heterocycles. The Labute approximate surface area is 143 Å². The Morgan fingerprint density at radius 1 is 1.26 bits per heavy atom. The summed E-state index contributed by atoms with van der Waals surface area (Å²) in [5.41, 5.74) is 0.747. The van der Waals surface area contributed by atoms with E-state index in [9.17, 15) is 4.79 Å². The number of aryl methyl sites for hydroxylation is 1. The first-order valence-electron chi connectivity index (χ1n) is 6.84. The molecule has 4 rings (SSSR count). The number of halogens is 1. The van der Waals surface area contributed by atoms with Crippen molar-refractivity contribution in [2.75, 3.05) is 0 Å². The van der Waals surface area contributed by atoms with Crippen molar-refractivity contribution in [3.8, 4) is 5.75 Å². The SMILES string of the molecule is Cn1c(=O)c2sccc2n2c(COc3ccccc3Br)nnc12. The molecule has 1 aromatic carbocycles. The summed E-state index contributed by atoms with van der Waals surface area (Å²) in [6.45, 7) is 0.257. The molecule has 0 unspecified atom stereocenters. The van der Waals surface area contributed by atoms with Crippen molar-refractivity contribution < 1.29 is 4.74 Å². The van der Waals surface area contributed by atoms with Crippen LogP contribution in [0.25, 0.3) is 16.0 Å². The maximum atomic E-state index is 12.3. The average molecular weight is 391 g/mol. The van der Waals surface area contributed by atoms with Crippen LogP contribution in [0.2, 0.25) is 0 Å². The lowest BCUT2D eigenvalue weighted by molar-refractivity contribution is 0.293. The van der Waals surface area contributed by atoms with E-state index in [2.05, 4.69) is 26.1 Å². The highest BCUT2D eigenvalue weighted by atomic mass is 79.9. The fraction of sp³-hybridized carbons (Fsp3) is 0.133. The molecule has 0 spiro atoms. The van der Waals surface area contributed by atoms with Crippen LogP contribution in [0.3, 0.4) is 0 Å². The van der Waals surface area contributed by atoms with Crippen LogP contribution in [-0.4, -0.2) is 19.2 Å². The number of para-hydroxylation sites is 1. The van der Waals surface area contributed by atoms with Crippen LogP contribution in [0.5, 0.6) is 5.75 Å². The van der Waals surface area contributed by atoms with E-state index in [0.717, 1.165) is 15.7 Å². The van der Waals surface area contributed by atoms with Gasteiger partial charge in [-0.1, -0.05) is 12.1 Å². The third-order valence-corrected chi connectivity index (χ3v) is 5.14. The Morgan fingerprint density at radius 2 is 2.09 bits per heavy atom. The van der Waals surface area contributed by atoms with Gasteiger partial charge in [0.2, 0.25) is 5.78 Å². The van der Waals surface area contributed by atoms with Crippen molar-refractivity contribution in [3.63, 3.8) is 0 Å². The number of hydrogen-bond donors (Lipinski definition) is 0. The van der Waals surface area contributed by atoms with Gasteiger partial charge in [0.05, 0.1) is 9.99 Å². The number of ether oxygens (including phenoxy) is 1. The molecule has 3 heterocycles. The number of thiophene rings is 1. The second kappa shape index (κ2) is 5.47. The summed E-state index contributed by atoms with van der Waals surface area (Å²) >= 11 is 4.87. The molecule has 8 heteroatoms. The Balaban J connectivity index is 1.82. The zero-order valence-corrected chi connectivity index (χ0v) is 14.5. The van der Waals surface area contributed by atoms with Crippen LogP contribution in [0.1, 0.15) is 5.82 Å². The monoisotopic (exact) mass is 390 g/mol. The molecule has 0 fully saturated rings. The van der Waals surface area contributed by atoms with Crippen LogP contribution >= 0.6 is 27.3 Å². The number of rotatable bonds is 3. The van der Waals surface area contributed by atoms with Gasteiger partial charge in [-0.25, -0.2) is 0 Å². The van der Waals surface area contributed by atoms with Crippen LogP contribution in [0.4, 0.5) is 0 Å². The molecule has 0 bridgehead atoms. The van der Waals surface area contributed by atoms with E-state index >= 15 is 0 Å². The van der Waals surface area contributed by atoms with Crippen LogP contribution in [0, 0.1) is 0 Å². The van der Waals surface area contributed by atoms with Crippen LogP contribution < -0.4 is 10.3 Å². The second-order valence-corrected chi connectivity index (χ2v) is 6.74. The Hall–Kier alpha value is -2.19. The highest BCUT2D eigenvalue weighted by Crippen LogP contribution is 2.25. The normalized spacial score (nSPS) is 11.4. The molecule has 4 aromatic rings. The average Bonchev–Trinajstić information content (AvgIpc) is 3.18. The maximum absolute atomic E-state index is 12.3. The summed E-state index contributed by atoms with van der Waals surface area (Å²) in [6.07, 6.45) is 0. The number of nitrogens with zero attached hydrogens (tertiary/aromatic N) is 4. The minimum absolute atomic E-state index is 0.0619. The van der Waals surface area contributed by atoms with Gasteiger partial charge in [-0.2, -0.15) is 0 Å². The summed E-state index contributed by atoms with van der Waals surface area (Å²) in [5.74, 6) is 1.89. The number of aromatic nitrogens is 4. The smallest absolute Gasteiger partial charge is 0.272 e. The Kier molecular flexibility index (Phi) is 3.42. The maximum Gasteiger partial charge on any atom is 0.272 e. The molecule has 0 amide bonds. The van der Waals surface area contributed by atoms with E-state index in [0.29, 0.717) is 16.3 Å². The molecular formula is C15H11BrN4O2S. The molecule has 0 saturated carbocycles. The summed E-state index contributed by atoms with van der Waals surface area (Å²) < 4.78 is 10.8. The Bertz CT molecular complexity index is 1080. The van der Waals surface area contributed by atoms with Crippen molar-refractivity contribution in [1.82, 2.24) is 19.2 Å². The molecule has 6 nitrogen and oxygen atoms in total. The van der Waals surface area contributed by atoms with Gasteiger partial charge in [0.15, 0.2) is 5.82 Å². The fourth-order valence-corrected chi connectivity index (χ4v) is 3.70. The zero-order chi connectivity index (χ0) is 16.0. The van der Waals surface area contributed by atoms with Gasteiger partial charge in [-0.3, -0.25) is 13.8 Å². The van der Waals surface area contributed by atoms with Crippen LogP contribution in [-0.2, 0) is 13.7 Å². The molecular weight excluding hydrogens is 380 g/mol. The molecule has 0 aliphatic carbocycles. The quantitative estimate of drug-likeness (QED) is 0.539. The van der Waals surface area contributed by atoms with Crippen molar-refractivity contribution in [3.05, 3.63) is 56.4 Å². The molecule has 116 valence electrons.